The summed E-state index contributed by atoms with van der Waals surface area (Å²) in [4.78, 5) is 14.1. The molecule has 0 fully saturated rings. The second-order valence-corrected chi connectivity index (χ2v) is 6.28. The summed E-state index contributed by atoms with van der Waals surface area (Å²) < 4.78 is 0. The van der Waals surface area contributed by atoms with Crippen LogP contribution in [0.25, 0.3) is 0 Å². The van der Waals surface area contributed by atoms with E-state index in [-0.39, 0.29) is 5.91 Å². The molecule has 1 atom stereocenters. The van der Waals surface area contributed by atoms with E-state index < -0.39 is 11.0 Å². The summed E-state index contributed by atoms with van der Waals surface area (Å²) in [6, 6.07) is 5.45. The fourth-order valence-electron chi connectivity index (χ4n) is 2.87. The number of hydrogen-bond acceptors (Lipinski definition) is 2. The van der Waals surface area contributed by atoms with Crippen LogP contribution in [0.15, 0.2) is 18.2 Å². The molecule has 0 aromatic heterocycles. The second kappa shape index (κ2) is 3.97. The Morgan fingerprint density at radius 1 is 1.44 bits per heavy atom. The zero-order valence-corrected chi connectivity index (χ0v) is 11.9. The first kappa shape index (κ1) is 13.4. The van der Waals surface area contributed by atoms with Crippen molar-refractivity contribution < 1.29 is 9.90 Å². The topological polar surface area (TPSA) is 40.5 Å². The molecule has 2 rings (SSSR count). The van der Waals surface area contributed by atoms with E-state index in [9.17, 15) is 9.90 Å². The van der Waals surface area contributed by atoms with E-state index in [0.29, 0.717) is 11.4 Å². The van der Waals surface area contributed by atoms with Gasteiger partial charge in [0.2, 0.25) is 5.91 Å². The number of nitrogens with zero attached hydrogens (tertiary/aromatic N) is 1. The zero-order chi connectivity index (χ0) is 13.7. The second-order valence-electron chi connectivity index (χ2n) is 5.85. The molecule has 1 aromatic rings. The molecule has 0 aliphatic carbocycles. The summed E-state index contributed by atoms with van der Waals surface area (Å²) in [5.74, 6) is 0.00175. The van der Waals surface area contributed by atoms with Gasteiger partial charge in [-0.3, -0.25) is 4.79 Å². The van der Waals surface area contributed by atoms with Crippen molar-refractivity contribution in [1.29, 1.82) is 0 Å². The number of rotatable bonds is 2. The van der Waals surface area contributed by atoms with E-state index in [0.717, 1.165) is 11.3 Å². The average Bonchev–Trinajstić information content (AvgIpc) is 2.39. The third-order valence-corrected chi connectivity index (χ3v) is 3.71. The molecule has 1 unspecified atom stereocenters. The number of carbonyl (C=O) groups excluding carboxylic acids is 1. The number of likely N-dealkylation sites (N-methyl/N-ethyl adjacent to an activating group) is 1. The van der Waals surface area contributed by atoms with E-state index in [1.807, 2.05) is 19.1 Å². The number of amides is 1. The van der Waals surface area contributed by atoms with E-state index in [1.54, 1.807) is 31.9 Å². The molecular weight excluding hydrogens is 250 g/mol. The molecule has 0 radical (unpaired) electrons. The lowest BCUT2D eigenvalue weighted by Crippen LogP contribution is -2.41. The van der Waals surface area contributed by atoms with Crippen molar-refractivity contribution >= 4 is 23.2 Å². The zero-order valence-electron chi connectivity index (χ0n) is 11.1. The van der Waals surface area contributed by atoms with Gasteiger partial charge in [-0.1, -0.05) is 11.6 Å². The van der Waals surface area contributed by atoms with Crippen LogP contribution in [0, 0.1) is 0 Å². The summed E-state index contributed by atoms with van der Waals surface area (Å²) in [7, 11) is 1.75. The van der Waals surface area contributed by atoms with Gasteiger partial charge < -0.3 is 10.0 Å². The summed E-state index contributed by atoms with van der Waals surface area (Å²) in [5.41, 5.74) is 0.142. The normalized spacial score (nSPS) is 23.4. The number of fused-ring (bicyclic) bond motifs is 1. The van der Waals surface area contributed by atoms with Gasteiger partial charge in [-0.15, -0.1) is 0 Å². The molecule has 1 aromatic carbocycles. The van der Waals surface area contributed by atoms with Crippen molar-refractivity contribution in [2.24, 2.45) is 0 Å². The molecule has 0 saturated carbocycles. The third-order valence-electron chi connectivity index (χ3n) is 3.48. The first-order chi connectivity index (χ1) is 8.15. The van der Waals surface area contributed by atoms with Gasteiger partial charge in [0.05, 0.1) is 11.0 Å². The molecule has 1 amide bonds. The van der Waals surface area contributed by atoms with E-state index in [1.165, 1.54) is 0 Å². The number of benzene rings is 1. The minimum atomic E-state index is -0.908. The highest BCUT2D eigenvalue weighted by atomic mass is 35.5. The standard InChI is InChI=1S/C14H18ClNO2/c1-13(2,18)8-14(3)10-7-9(15)5-6-11(10)16(4)12(14)17/h5-7,18H,8H2,1-4H3. The van der Waals surface area contributed by atoms with Crippen molar-refractivity contribution in [3.63, 3.8) is 0 Å². The van der Waals surface area contributed by atoms with Crippen molar-refractivity contribution in [2.45, 2.75) is 38.2 Å². The summed E-state index contributed by atoms with van der Waals surface area (Å²) >= 11 is 6.02. The Hall–Kier alpha value is -1.06. The molecule has 1 aliphatic heterocycles. The molecule has 4 heteroatoms. The number of carbonyl (C=O) groups is 1. The van der Waals surface area contributed by atoms with Crippen LogP contribution in [-0.2, 0) is 10.2 Å². The number of anilines is 1. The van der Waals surface area contributed by atoms with Crippen LogP contribution in [0.2, 0.25) is 5.02 Å². The Labute approximate surface area is 112 Å². The Kier molecular flexibility index (Phi) is 2.95. The van der Waals surface area contributed by atoms with Crippen LogP contribution in [0.4, 0.5) is 5.69 Å². The highest BCUT2D eigenvalue weighted by molar-refractivity contribution is 6.31. The lowest BCUT2D eigenvalue weighted by Gasteiger charge is -2.30. The van der Waals surface area contributed by atoms with Crippen LogP contribution in [0.5, 0.6) is 0 Å². The predicted octanol–water partition coefficient (Wildman–Crippen LogP) is 2.74. The largest absolute Gasteiger partial charge is 0.390 e. The first-order valence-corrected chi connectivity index (χ1v) is 6.33. The molecular formula is C14H18ClNO2. The Bertz CT molecular complexity index is 507. The van der Waals surface area contributed by atoms with Gasteiger partial charge in [0.1, 0.15) is 0 Å². The van der Waals surface area contributed by atoms with Crippen molar-refractivity contribution in [1.82, 2.24) is 0 Å². The van der Waals surface area contributed by atoms with E-state index in [2.05, 4.69) is 0 Å². The highest BCUT2D eigenvalue weighted by Crippen LogP contribution is 2.46. The van der Waals surface area contributed by atoms with Crippen molar-refractivity contribution in [2.75, 3.05) is 11.9 Å². The molecule has 0 saturated heterocycles. The van der Waals surface area contributed by atoms with Crippen molar-refractivity contribution in [3.8, 4) is 0 Å². The van der Waals surface area contributed by atoms with Crippen LogP contribution in [-0.4, -0.2) is 23.7 Å². The Morgan fingerprint density at radius 3 is 2.61 bits per heavy atom. The molecule has 3 nitrogen and oxygen atoms in total. The smallest absolute Gasteiger partial charge is 0.237 e. The van der Waals surface area contributed by atoms with Crippen molar-refractivity contribution in [3.05, 3.63) is 28.8 Å². The van der Waals surface area contributed by atoms with Gasteiger partial charge in [0.15, 0.2) is 0 Å². The first-order valence-electron chi connectivity index (χ1n) is 5.96. The maximum atomic E-state index is 12.4. The number of hydrogen-bond donors (Lipinski definition) is 1. The van der Waals surface area contributed by atoms with Gasteiger partial charge in [-0.25, -0.2) is 0 Å². The van der Waals surface area contributed by atoms with Crippen LogP contribution < -0.4 is 4.90 Å². The fourth-order valence-corrected chi connectivity index (χ4v) is 3.05. The number of halogens is 1. The van der Waals surface area contributed by atoms with Crippen LogP contribution in [0.1, 0.15) is 32.8 Å². The molecule has 98 valence electrons. The summed E-state index contributed by atoms with van der Waals surface area (Å²) in [5, 5.41) is 10.6. The molecule has 18 heavy (non-hydrogen) atoms. The maximum absolute atomic E-state index is 12.4. The van der Waals surface area contributed by atoms with Gasteiger partial charge >= 0.3 is 0 Å². The molecule has 1 aliphatic rings. The monoisotopic (exact) mass is 267 g/mol. The van der Waals surface area contributed by atoms with Gasteiger partial charge in [-0.2, -0.15) is 0 Å². The average molecular weight is 268 g/mol. The van der Waals surface area contributed by atoms with Gasteiger partial charge in [0.25, 0.3) is 0 Å². The molecule has 1 heterocycles. The van der Waals surface area contributed by atoms with Gasteiger partial charge in [0, 0.05) is 17.8 Å². The Morgan fingerprint density at radius 2 is 2.06 bits per heavy atom. The van der Waals surface area contributed by atoms with Gasteiger partial charge in [-0.05, 0) is 51.0 Å². The SMILES string of the molecule is CN1C(=O)C(C)(CC(C)(C)O)c2cc(Cl)ccc21. The molecule has 0 spiro atoms. The fraction of sp³-hybridized carbons (Fsp3) is 0.500. The minimum absolute atomic E-state index is 0.00175. The number of aliphatic hydroxyl groups is 1. The third kappa shape index (κ3) is 2.02. The van der Waals surface area contributed by atoms with E-state index in [4.69, 9.17) is 11.6 Å². The summed E-state index contributed by atoms with van der Waals surface area (Å²) in [6.45, 7) is 5.30. The highest BCUT2D eigenvalue weighted by Gasteiger charge is 2.48. The lowest BCUT2D eigenvalue weighted by molar-refractivity contribution is -0.124. The Balaban J connectivity index is 2.57. The molecule has 1 N–H and O–H groups in total. The lowest BCUT2D eigenvalue weighted by atomic mass is 9.75. The maximum Gasteiger partial charge on any atom is 0.237 e. The predicted molar refractivity (Wildman–Crippen MR) is 73.1 cm³/mol. The van der Waals surface area contributed by atoms with Crippen LogP contribution in [0.3, 0.4) is 0 Å². The van der Waals surface area contributed by atoms with Crippen LogP contribution >= 0.6 is 11.6 Å². The summed E-state index contributed by atoms with van der Waals surface area (Å²) in [6.07, 6.45) is 0.372. The quantitative estimate of drug-likeness (QED) is 0.895. The minimum Gasteiger partial charge on any atom is -0.390 e. The molecule has 0 bridgehead atoms. The van der Waals surface area contributed by atoms with E-state index >= 15 is 0 Å².